The van der Waals surface area contributed by atoms with Crippen molar-refractivity contribution in [2.75, 3.05) is 13.1 Å². The highest BCUT2D eigenvalue weighted by Crippen LogP contribution is 2.28. The maximum atomic E-state index is 12.7. The smallest absolute Gasteiger partial charge is 0.270 e. The first-order valence-corrected chi connectivity index (χ1v) is 7.79. The molecule has 3 heterocycles. The van der Waals surface area contributed by atoms with E-state index in [-0.39, 0.29) is 5.91 Å². The van der Waals surface area contributed by atoms with Gasteiger partial charge in [-0.05, 0) is 34.2 Å². The van der Waals surface area contributed by atoms with E-state index in [0.29, 0.717) is 22.2 Å². The van der Waals surface area contributed by atoms with Gasteiger partial charge in [0.1, 0.15) is 5.69 Å². The number of furan rings is 1. The molecule has 2 aromatic heterocycles. The third-order valence-electron chi connectivity index (χ3n) is 4.08. The Hall–Kier alpha value is -1.23. The highest BCUT2D eigenvalue weighted by Gasteiger charge is 2.28. The summed E-state index contributed by atoms with van der Waals surface area (Å²) < 4.78 is 8.14. The molecule has 0 bridgehead atoms. The summed E-state index contributed by atoms with van der Waals surface area (Å²) in [5.74, 6) is 1.24. The van der Waals surface area contributed by atoms with Crippen LogP contribution in [-0.2, 0) is 7.05 Å². The van der Waals surface area contributed by atoms with Crippen molar-refractivity contribution in [3.8, 4) is 0 Å². The maximum absolute atomic E-state index is 12.7. The summed E-state index contributed by atoms with van der Waals surface area (Å²) in [6.45, 7) is 6.12. The number of fused-ring (bicyclic) bond motifs is 1. The topological polar surface area (TPSA) is 38.4 Å². The van der Waals surface area contributed by atoms with Gasteiger partial charge < -0.3 is 13.9 Å². The fourth-order valence-electron chi connectivity index (χ4n) is 3.28. The molecule has 0 aliphatic carbocycles. The third-order valence-corrected chi connectivity index (χ3v) is 4.47. The summed E-state index contributed by atoms with van der Waals surface area (Å²) in [5.41, 5.74) is 2.40. The molecule has 0 saturated carbocycles. The van der Waals surface area contributed by atoms with Gasteiger partial charge in [-0.2, -0.15) is 0 Å². The molecule has 20 heavy (non-hydrogen) atoms. The Morgan fingerprint density at radius 2 is 1.95 bits per heavy atom. The molecule has 3 rings (SSSR count). The molecule has 2 atom stereocenters. The number of likely N-dealkylation sites (tertiary alicyclic amines) is 1. The lowest BCUT2D eigenvalue weighted by molar-refractivity contribution is 0.0614. The maximum Gasteiger partial charge on any atom is 0.270 e. The predicted molar refractivity (Wildman–Crippen MR) is 81.7 cm³/mol. The number of rotatable bonds is 1. The average Bonchev–Trinajstić information content (AvgIpc) is 2.86. The molecule has 1 aliphatic rings. The van der Waals surface area contributed by atoms with Crippen LogP contribution in [0.15, 0.2) is 21.2 Å². The van der Waals surface area contributed by atoms with Gasteiger partial charge in [-0.25, -0.2) is 0 Å². The van der Waals surface area contributed by atoms with E-state index in [4.69, 9.17) is 4.42 Å². The molecule has 2 unspecified atom stereocenters. The van der Waals surface area contributed by atoms with E-state index in [2.05, 4.69) is 29.8 Å². The molecule has 4 nitrogen and oxygen atoms in total. The van der Waals surface area contributed by atoms with Crippen LogP contribution in [0.4, 0.5) is 0 Å². The number of nitrogens with zero attached hydrogens (tertiary/aromatic N) is 2. The van der Waals surface area contributed by atoms with E-state index in [9.17, 15) is 4.79 Å². The number of carbonyl (C=O) groups excluding carboxylic acids is 1. The molecule has 2 aromatic rings. The minimum atomic E-state index is 0.105. The van der Waals surface area contributed by atoms with Crippen molar-refractivity contribution < 1.29 is 9.21 Å². The van der Waals surface area contributed by atoms with E-state index < -0.39 is 0 Å². The van der Waals surface area contributed by atoms with Crippen molar-refractivity contribution in [3.05, 3.63) is 22.5 Å². The third kappa shape index (κ3) is 2.28. The van der Waals surface area contributed by atoms with Crippen molar-refractivity contribution >= 4 is 32.9 Å². The normalized spacial score (nSPS) is 23.5. The van der Waals surface area contributed by atoms with Crippen molar-refractivity contribution in [3.63, 3.8) is 0 Å². The lowest BCUT2D eigenvalue weighted by atomic mass is 9.92. The summed E-state index contributed by atoms with van der Waals surface area (Å²) in [6, 6.07) is 3.74. The lowest BCUT2D eigenvalue weighted by Gasteiger charge is -2.35. The Balaban J connectivity index is 1.92. The monoisotopic (exact) mass is 338 g/mol. The Bertz CT molecular complexity index is 648. The average molecular weight is 339 g/mol. The Morgan fingerprint density at radius 1 is 1.30 bits per heavy atom. The van der Waals surface area contributed by atoms with Crippen molar-refractivity contribution in [2.24, 2.45) is 18.9 Å². The Kier molecular flexibility index (Phi) is 3.40. The number of piperidine rings is 1. The summed E-state index contributed by atoms with van der Waals surface area (Å²) >= 11 is 3.32. The molecule has 1 aliphatic heterocycles. The van der Waals surface area contributed by atoms with Crippen LogP contribution in [0.2, 0.25) is 0 Å². The van der Waals surface area contributed by atoms with Gasteiger partial charge in [0.2, 0.25) is 0 Å². The molecule has 1 saturated heterocycles. The quantitative estimate of drug-likeness (QED) is 0.795. The van der Waals surface area contributed by atoms with Gasteiger partial charge >= 0.3 is 0 Å². The van der Waals surface area contributed by atoms with Crippen LogP contribution in [0.3, 0.4) is 0 Å². The van der Waals surface area contributed by atoms with Crippen LogP contribution in [-0.4, -0.2) is 28.5 Å². The van der Waals surface area contributed by atoms with Gasteiger partial charge in [0.15, 0.2) is 10.3 Å². The number of hydrogen-bond donors (Lipinski definition) is 0. The highest BCUT2D eigenvalue weighted by molar-refractivity contribution is 9.10. The molecule has 0 aromatic carbocycles. The van der Waals surface area contributed by atoms with E-state index in [1.807, 2.05) is 28.6 Å². The fraction of sp³-hybridized carbons (Fsp3) is 0.533. The Morgan fingerprint density at radius 3 is 2.55 bits per heavy atom. The van der Waals surface area contributed by atoms with Gasteiger partial charge in [-0.15, -0.1) is 0 Å². The van der Waals surface area contributed by atoms with Gasteiger partial charge in [-0.3, -0.25) is 4.79 Å². The first-order chi connectivity index (χ1) is 9.45. The molecule has 5 heteroatoms. The van der Waals surface area contributed by atoms with E-state index in [1.54, 1.807) is 0 Å². The molecule has 0 radical (unpaired) electrons. The van der Waals surface area contributed by atoms with Gasteiger partial charge in [-0.1, -0.05) is 13.8 Å². The van der Waals surface area contributed by atoms with E-state index >= 15 is 0 Å². The number of carbonyl (C=O) groups is 1. The first kappa shape index (κ1) is 13.7. The van der Waals surface area contributed by atoms with Crippen molar-refractivity contribution in [1.82, 2.24) is 9.47 Å². The summed E-state index contributed by atoms with van der Waals surface area (Å²) in [6.07, 6.45) is 1.20. The van der Waals surface area contributed by atoms with Crippen LogP contribution in [0.25, 0.3) is 11.1 Å². The number of amides is 1. The second-order valence-electron chi connectivity index (χ2n) is 6.04. The molecular weight excluding hydrogens is 320 g/mol. The van der Waals surface area contributed by atoms with Gasteiger partial charge in [0.25, 0.3) is 5.91 Å². The molecule has 108 valence electrons. The SMILES string of the molecule is CC1CC(C)CN(C(=O)c2cc3oc(Br)cc3n2C)C1. The van der Waals surface area contributed by atoms with E-state index in [1.165, 1.54) is 6.42 Å². The highest BCUT2D eigenvalue weighted by atomic mass is 79.9. The van der Waals surface area contributed by atoms with Gasteiger partial charge in [0.05, 0.1) is 5.52 Å². The number of aromatic nitrogens is 1. The van der Waals surface area contributed by atoms with Crippen molar-refractivity contribution in [1.29, 1.82) is 0 Å². The minimum absolute atomic E-state index is 0.105. The van der Waals surface area contributed by atoms with Crippen LogP contribution >= 0.6 is 15.9 Å². The minimum Gasteiger partial charge on any atom is -0.448 e. The second kappa shape index (κ2) is 4.95. The summed E-state index contributed by atoms with van der Waals surface area (Å²) in [5, 5.41) is 0. The van der Waals surface area contributed by atoms with E-state index in [0.717, 1.165) is 24.2 Å². The zero-order valence-electron chi connectivity index (χ0n) is 12.0. The first-order valence-electron chi connectivity index (χ1n) is 6.99. The molecule has 1 fully saturated rings. The van der Waals surface area contributed by atoms with Crippen LogP contribution in [0.5, 0.6) is 0 Å². The van der Waals surface area contributed by atoms with Gasteiger partial charge in [0, 0.05) is 32.3 Å². The summed E-state index contributed by atoms with van der Waals surface area (Å²) in [4.78, 5) is 14.7. The van der Waals surface area contributed by atoms with Crippen molar-refractivity contribution in [2.45, 2.75) is 20.3 Å². The zero-order valence-corrected chi connectivity index (χ0v) is 13.6. The van der Waals surface area contributed by atoms with Crippen LogP contribution in [0.1, 0.15) is 30.8 Å². The lowest BCUT2D eigenvalue weighted by Crippen LogP contribution is -2.43. The molecule has 1 amide bonds. The zero-order chi connectivity index (χ0) is 14.4. The molecule has 0 spiro atoms. The standard InChI is InChI=1S/C15H19BrN2O2/c1-9-4-10(2)8-18(7-9)15(19)12-5-13-11(17(12)3)6-14(16)20-13/h5-6,9-10H,4,7-8H2,1-3H3. The fourth-order valence-corrected chi connectivity index (χ4v) is 3.67. The van der Waals surface area contributed by atoms with Crippen LogP contribution < -0.4 is 0 Å². The second-order valence-corrected chi connectivity index (χ2v) is 6.83. The predicted octanol–water partition coefficient (Wildman–Crippen LogP) is 3.65. The largest absolute Gasteiger partial charge is 0.448 e. The molecular formula is C15H19BrN2O2. The number of hydrogen-bond acceptors (Lipinski definition) is 2. The summed E-state index contributed by atoms with van der Waals surface area (Å²) in [7, 11) is 1.91. The molecule has 0 N–H and O–H groups in total. The number of aryl methyl sites for hydroxylation is 1. The number of halogens is 1. The van der Waals surface area contributed by atoms with Crippen LogP contribution in [0, 0.1) is 11.8 Å². The Labute approximate surface area is 126 Å².